The maximum atomic E-state index is 11.8. The van der Waals surface area contributed by atoms with E-state index in [4.69, 9.17) is 5.73 Å². The van der Waals surface area contributed by atoms with Gasteiger partial charge in [-0.2, -0.15) is 0 Å². The van der Waals surface area contributed by atoms with Crippen molar-refractivity contribution in [3.63, 3.8) is 0 Å². The molecule has 1 rings (SSSR count). The smallest absolute Gasteiger partial charge is 0.237 e. The Morgan fingerprint density at radius 3 is 2.67 bits per heavy atom. The van der Waals surface area contributed by atoms with Gasteiger partial charge >= 0.3 is 0 Å². The Bertz CT molecular complexity index is 383. The summed E-state index contributed by atoms with van der Waals surface area (Å²) in [5.41, 5.74) is 6.94. The van der Waals surface area contributed by atoms with E-state index < -0.39 is 6.04 Å². The third-order valence-corrected chi connectivity index (χ3v) is 4.40. The van der Waals surface area contributed by atoms with Gasteiger partial charge in [-0.15, -0.1) is 11.3 Å². The van der Waals surface area contributed by atoms with Crippen LogP contribution in [0.1, 0.15) is 35.8 Å². The predicted octanol–water partition coefficient (Wildman–Crippen LogP) is 1.79. The summed E-state index contributed by atoms with van der Waals surface area (Å²) in [4.78, 5) is 17.4. The van der Waals surface area contributed by atoms with E-state index in [-0.39, 0.29) is 11.8 Å². The first-order valence-electron chi connectivity index (χ1n) is 6.41. The lowest BCUT2D eigenvalue weighted by Crippen LogP contribution is -2.45. The molecule has 18 heavy (non-hydrogen) atoms. The van der Waals surface area contributed by atoms with Crippen LogP contribution in [0, 0.1) is 19.8 Å². The molecule has 0 spiro atoms. The van der Waals surface area contributed by atoms with Crippen molar-refractivity contribution in [3.05, 3.63) is 15.6 Å². The fourth-order valence-corrected chi connectivity index (χ4v) is 2.50. The highest BCUT2D eigenvalue weighted by molar-refractivity contribution is 7.11. The third-order valence-electron chi connectivity index (χ3n) is 3.27. The van der Waals surface area contributed by atoms with Gasteiger partial charge < -0.3 is 11.1 Å². The number of aryl methyl sites for hydroxylation is 2. The summed E-state index contributed by atoms with van der Waals surface area (Å²) in [6, 6.07) is -0.408. The van der Waals surface area contributed by atoms with Gasteiger partial charge in [-0.05, 0) is 19.8 Å². The first kappa shape index (κ1) is 15.1. The van der Waals surface area contributed by atoms with Crippen LogP contribution in [0.2, 0.25) is 0 Å². The van der Waals surface area contributed by atoms with E-state index in [0.717, 1.165) is 23.5 Å². The molecule has 0 aromatic carbocycles. The van der Waals surface area contributed by atoms with Crippen LogP contribution in [0.25, 0.3) is 0 Å². The third kappa shape index (κ3) is 4.07. The van der Waals surface area contributed by atoms with Crippen LogP contribution in [0.4, 0.5) is 0 Å². The molecule has 1 heterocycles. The number of hydrogen-bond acceptors (Lipinski definition) is 4. The van der Waals surface area contributed by atoms with Gasteiger partial charge in [0.1, 0.15) is 0 Å². The van der Waals surface area contributed by atoms with Crippen molar-refractivity contribution in [1.82, 2.24) is 10.3 Å². The van der Waals surface area contributed by atoms with Crippen LogP contribution in [-0.4, -0.2) is 23.5 Å². The molecule has 4 nitrogen and oxygen atoms in total. The van der Waals surface area contributed by atoms with Crippen LogP contribution >= 0.6 is 11.3 Å². The minimum absolute atomic E-state index is 0.0608. The molecule has 1 aromatic rings. The van der Waals surface area contributed by atoms with E-state index in [0.29, 0.717) is 6.54 Å². The Balaban J connectivity index is 2.35. The summed E-state index contributed by atoms with van der Waals surface area (Å²) >= 11 is 1.69. The maximum Gasteiger partial charge on any atom is 0.237 e. The Morgan fingerprint density at radius 2 is 2.17 bits per heavy atom. The summed E-state index contributed by atoms with van der Waals surface area (Å²) in [6.07, 6.45) is 1.69. The molecule has 0 radical (unpaired) electrons. The number of carbonyl (C=O) groups excluding carboxylic acids is 1. The Kier molecular flexibility index (Phi) is 5.75. The molecule has 2 atom stereocenters. The molecule has 3 N–H and O–H groups in total. The normalized spacial score (nSPS) is 14.3. The van der Waals surface area contributed by atoms with Crippen molar-refractivity contribution < 1.29 is 4.79 Å². The summed E-state index contributed by atoms with van der Waals surface area (Å²) in [6.45, 7) is 8.72. The van der Waals surface area contributed by atoms with Crippen molar-refractivity contribution in [3.8, 4) is 0 Å². The maximum absolute atomic E-state index is 11.8. The SMILES string of the molecule is CCC(C)C(N)C(=O)NCCc1nc(C)c(C)s1. The largest absolute Gasteiger partial charge is 0.354 e. The Labute approximate surface area is 113 Å². The van der Waals surface area contributed by atoms with Crippen LogP contribution in [0.15, 0.2) is 0 Å². The lowest BCUT2D eigenvalue weighted by Gasteiger charge is -2.17. The lowest BCUT2D eigenvalue weighted by molar-refractivity contribution is -0.123. The number of hydrogen-bond donors (Lipinski definition) is 2. The molecule has 0 aliphatic carbocycles. The number of rotatable bonds is 6. The Hall–Kier alpha value is -0.940. The summed E-state index contributed by atoms with van der Waals surface area (Å²) in [7, 11) is 0. The molecule has 1 amide bonds. The average Bonchev–Trinajstić information content (AvgIpc) is 2.66. The van der Waals surface area contributed by atoms with Crippen molar-refractivity contribution >= 4 is 17.2 Å². The van der Waals surface area contributed by atoms with Crippen molar-refractivity contribution in [2.24, 2.45) is 11.7 Å². The number of nitrogens with one attached hydrogen (secondary N) is 1. The summed E-state index contributed by atoms with van der Waals surface area (Å²) in [5.74, 6) is 0.156. The molecule has 0 aliphatic heterocycles. The monoisotopic (exact) mass is 269 g/mol. The van der Waals surface area contributed by atoms with E-state index in [1.54, 1.807) is 11.3 Å². The van der Waals surface area contributed by atoms with E-state index >= 15 is 0 Å². The molecule has 0 saturated carbocycles. The van der Waals surface area contributed by atoms with Crippen molar-refractivity contribution in [2.75, 3.05) is 6.54 Å². The molecule has 2 unspecified atom stereocenters. The van der Waals surface area contributed by atoms with Gasteiger partial charge in [0.15, 0.2) is 0 Å². The van der Waals surface area contributed by atoms with Gasteiger partial charge in [0.2, 0.25) is 5.91 Å². The highest BCUT2D eigenvalue weighted by Crippen LogP contribution is 2.16. The number of amides is 1. The zero-order chi connectivity index (χ0) is 13.7. The van der Waals surface area contributed by atoms with Gasteiger partial charge in [0.25, 0.3) is 0 Å². The number of nitrogens with two attached hydrogens (primary N) is 1. The fraction of sp³-hybridized carbons (Fsp3) is 0.692. The predicted molar refractivity (Wildman–Crippen MR) is 75.7 cm³/mol. The quantitative estimate of drug-likeness (QED) is 0.827. The first-order valence-corrected chi connectivity index (χ1v) is 7.23. The second kappa shape index (κ2) is 6.85. The number of thiazole rings is 1. The zero-order valence-corrected chi connectivity index (χ0v) is 12.4. The zero-order valence-electron chi connectivity index (χ0n) is 11.6. The second-order valence-corrected chi connectivity index (χ2v) is 5.99. The molecule has 0 fully saturated rings. The summed E-state index contributed by atoms with van der Waals surface area (Å²) in [5, 5.41) is 3.95. The molecular weight excluding hydrogens is 246 g/mol. The van der Waals surface area contributed by atoms with Crippen LogP contribution in [-0.2, 0) is 11.2 Å². The topological polar surface area (TPSA) is 68.0 Å². The number of aromatic nitrogens is 1. The van der Waals surface area contributed by atoms with Gasteiger partial charge in [0.05, 0.1) is 16.7 Å². The first-order chi connectivity index (χ1) is 8.45. The molecular formula is C13H23N3OS. The summed E-state index contributed by atoms with van der Waals surface area (Å²) < 4.78 is 0. The van der Waals surface area contributed by atoms with Crippen LogP contribution in [0.5, 0.6) is 0 Å². The minimum atomic E-state index is -0.408. The van der Waals surface area contributed by atoms with Crippen molar-refractivity contribution in [2.45, 2.75) is 46.6 Å². The van der Waals surface area contributed by atoms with Crippen molar-refractivity contribution in [1.29, 1.82) is 0 Å². The van der Waals surface area contributed by atoms with E-state index in [1.807, 2.05) is 20.8 Å². The highest BCUT2D eigenvalue weighted by atomic mass is 32.1. The van der Waals surface area contributed by atoms with Crippen LogP contribution < -0.4 is 11.1 Å². The van der Waals surface area contributed by atoms with E-state index in [1.165, 1.54) is 4.88 Å². The lowest BCUT2D eigenvalue weighted by atomic mass is 9.99. The molecule has 5 heteroatoms. The Morgan fingerprint density at radius 1 is 1.50 bits per heavy atom. The van der Waals surface area contributed by atoms with E-state index in [9.17, 15) is 4.79 Å². The minimum Gasteiger partial charge on any atom is -0.354 e. The standard InChI is InChI=1S/C13H23N3OS/c1-5-8(2)12(14)13(17)15-7-6-11-16-9(3)10(4)18-11/h8,12H,5-7,14H2,1-4H3,(H,15,17). The molecule has 1 aromatic heterocycles. The molecule has 0 saturated heterocycles. The van der Waals surface area contributed by atoms with E-state index in [2.05, 4.69) is 17.2 Å². The van der Waals surface area contributed by atoms with Gasteiger partial charge in [-0.1, -0.05) is 20.3 Å². The number of carbonyl (C=O) groups is 1. The van der Waals surface area contributed by atoms with Gasteiger partial charge in [-0.3, -0.25) is 4.79 Å². The molecule has 0 aliphatic rings. The second-order valence-electron chi connectivity index (χ2n) is 4.70. The fourth-order valence-electron chi connectivity index (χ4n) is 1.57. The molecule has 102 valence electrons. The van der Waals surface area contributed by atoms with Gasteiger partial charge in [-0.25, -0.2) is 4.98 Å². The molecule has 0 bridgehead atoms. The van der Waals surface area contributed by atoms with Crippen LogP contribution in [0.3, 0.4) is 0 Å². The highest BCUT2D eigenvalue weighted by Gasteiger charge is 2.18. The average molecular weight is 269 g/mol. The number of nitrogens with zero attached hydrogens (tertiary/aromatic N) is 1. The van der Waals surface area contributed by atoms with Gasteiger partial charge in [0, 0.05) is 17.8 Å².